The number of ether oxygens (including phenoxy) is 1. The third-order valence-corrected chi connectivity index (χ3v) is 3.29. The molecule has 1 N–H and O–H groups in total. The van der Waals surface area contributed by atoms with Gasteiger partial charge in [0, 0.05) is 6.04 Å². The Morgan fingerprint density at radius 1 is 1.41 bits per heavy atom. The van der Waals surface area contributed by atoms with Crippen LogP contribution in [0.2, 0.25) is 5.15 Å². The topological polar surface area (TPSA) is 50.3 Å². The van der Waals surface area contributed by atoms with E-state index in [1.807, 2.05) is 0 Å². The van der Waals surface area contributed by atoms with Crippen molar-refractivity contribution in [3.63, 3.8) is 0 Å². The Labute approximate surface area is 106 Å². The van der Waals surface area contributed by atoms with Crippen LogP contribution in [0.15, 0.2) is 6.33 Å². The molecule has 6 heteroatoms. The monoisotopic (exact) mass is 256 g/mol. The first-order valence-corrected chi connectivity index (χ1v) is 6.08. The quantitative estimate of drug-likeness (QED) is 0.834. The molecule has 1 fully saturated rings. The number of hydrogen-bond acceptors (Lipinski definition) is 5. The molecule has 17 heavy (non-hydrogen) atoms. The van der Waals surface area contributed by atoms with Crippen molar-refractivity contribution in [1.82, 2.24) is 14.9 Å². The molecular weight excluding hydrogens is 240 g/mol. The van der Waals surface area contributed by atoms with E-state index in [0.29, 0.717) is 22.8 Å². The molecule has 0 unspecified atom stereocenters. The van der Waals surface area contributed by atoms with Crippen molar-refractivity contribution in [3.05, 3.63) is 11.5 Å². The lowest BCUT2D eigenvalue weighted by Gasteiger charge is -2.30. The average molecular weight is 257 g/mol. The first-order valence-electron chi connectivity index (χ1n) is 5.70. The summed E-state index contributed by atoms with van der Waals surface area (Å²) >= 11 is 5.95. The first-order chi connectivity index (χ1) is 8.20. The standard InChI is InChI=1S/C11H17ClN4O/c1-16-5-3-8(4-6-16)15-11-9(17-2)10(12)13-7-14-11/h7-8H,3-6H2,1-2H3,(H,13,14,15). The van der Waals surface area contributed by atoms with Crippen molar-refractivity contribution >= 4 is 17.4 Å². The highest BCUT2D eigenvalue weighted by atomic mass is 35.5. The number of nitrogens with one attached hydrogen (secondary N) is 1. The highest BCUT2D eigenvalue weighted by molar-refractivity contribution is 6.31. The van der Waals surface area contributed by atoms with Crippen LogP contribution in [-0.4, -0.2) is 48.2 Å². The summed E-state index contributed by atoms with van der Waals surface area (Å²) in [6, 6.07) is 0.422. The average Bonchev–Trinajstić information content (AvgIpc) is 2.32. The largest absolute Gasteiger partial charge is 0.490 e. The molecule has 1 aromatic heterocycles. The molecule has 0 bridgehead atoms. The molecule has 2 heterocycles. The van der Waals surface area contributed by atoms with E-state index in [1.165, 1.54) is 6.33 Å². The molecule has 2 rings (SSSR count). The Hall–Kier alpha value is -1.07. The smallest absolute Gasteiger partial charge is 0.198 e. The lowest BCUT2D eigenvalue weighted by Crippen LogP contribution is -2.37. The van der Waals surface area contributed by atoms with E-state index in [1.54, 1.807) is 7.11 Å². The Kier molecular flexibility index (Phi) is 4.02. The van der Waals surface area contributed by atoms with Gasteiger partial charge in [0.05, 0.1) is 7.11 Å². The van der Waals surface area contributed by atoms with E-state index in [-0.39, 0.29) is 0 Å². The SMILES string of the molecule is COc1c(Cl)ncnc1NC1CCN(C)CC1. The molecule has 0 atom stereocenters. The molecule has 5 nitrogen and oxygen atoms in total. The molecule has 1 aromatic rings. The maximum Gasteiger partial charge on any atom is 0.198 e. The lowest BCUT2D eigenvalue weighted by molar-refractivity contribution is 0.263. The highest BCUT2D eigenvalue weighted by Gasteiger charge is 2.19. The van der Waals surface area contributed by atoms with Gasteiger partial charge in [-0.15, -0.1) is 0 Å². The summed E-state index contributed by atoms with van der Waals surface area (Å²) in [4.78, 5) is 10.4. The molecule has 0 amide bonds. The Balaban J connectivity index is 2.05. The zero-order valence-electron chi connectivity index (χ0n) is 10.1. The van der Waals surface area contributed by atoms with Crippen LogP contribution >= 0.6 is 11.6 Å². The number of anilines is 1. The van der Waals surface area contributed by atoms with Crippen LogP contribution in [0.3, 0.4) is 0 Å². The molecule has 0 aliphatic carbocycles. The second kappa shape index (κ2) is 5.51. The summed E-state index contributed by atoms with van der Waals surface area (Å²) < 4.78 is 5.21. The zero-order valence-corrected chi connectivity index (χ0v) is 10.9. The van der Waals surface area contributed by atoms with Gasteiger partial charge in [-0.3, -0.25) is 0 Å². The van der Waals surface area contributed by atoms with Gasteiger partial charge in [-0.05, 0) is 33.0 Å². The number of piperidine rings is 1. The third kappa shape index (κ3) is 2.98. The van der Waals surface area contributed by atoms with E-state index in [2.05, 4.69) is 27.2 Å². The zero-order chi connectivity index (χ0) is 12.3. The van der Waals surface area contributed by atoms with Gasteiger partial charge in [0.2, 0.25) is 0 Å². The van der Waals surface area contributed by atoms with Crippen molar-refractivity contribution < 1.29 is 4.74 Å². The van der Waals surface area contributed by atoms with Gasteiger partial charge < -0.3 is 15.0 Å². The number of likely N-dealkylation sites (tertiary alicyclic amines) is 1. The third-order valence-electron chi connectivity index (χ3n) is 3.02. The minimum atomic E-state index is 0.345. The molecule has 0 aromatic carbocycles. The number of hydrogen-bond donors (Lipinski definition) is 1. The van der Waals surface area contributed by atoms with Crippen LogP contribution in [0.4, 0.5) is 5.82 Å². The van der Waals surface area contributed by atoms with Gasteiger partial charge in [0.1, 0.15) is 6.33 Å². The van der Waals surface area contributed by atoms with E-state index in [4.69, 9.17) is 16.3 Å². The predicted molar refractivity (Wildman–Crippen MR) is 67.7 cm³/mol. The van der Waals surface area contributed by atoms with Crippen LogP contribution < -0.4 is 10.1 Å². The molecule has 0 spiro atoms. The molecule has 1 aliphatic rings. The summed E-state index contributed by atoms with van der Waals surface area (Å²) in [5.41, 5.74) is 0. The summed E-state index contributed by atoms with van der Waals surface area (Å²) in [7, 11) is 3.71. The molecule has 1 saturated heterocycles. The fourth-order valence-electron chi connectivity index (χ4n) is 1.98. The van der Waals surface area contributed by atoms with Gasteiger partial charge in [0.25, 0.3) is 0 Å². The van der Waals surface area contributed by atoms with Crippen LogP contribution in [-0.2, 0) is 0 Å². The van der Waals surface area contributed by atoms with Gasteiger partial charge >= 0.3 is 0 Å². The molecule has 1 aliphatic heterocycles. The molecule has 0 saturated carbocycles. The van der Waals surface area contributed by atoms with Gasteiger partial charge in [-0.2, -0.15) is 0 Å². The predicted octanol–water partition coefficient (Wildman–Crippen LogP) is 1.64. The fourth-order valence-corrected chi connectivity index (χ4v) is 2.19. The van der Waals surface area contributed by atoms with Crippen molar-refractivity contribution in [1.29, 1.82) is 0 Å². The van der Waals surface area contributed by atoms with E-state index in [0.717, 1.165) is 25.9 Å². The van der Waals surface area contributed by atoms with Crippen LogP contribution in [0.1, 0.15) is 12.8 Å². The Morgan fingerprint density at radius 3 is 2.76 bits per heavy atom. The number of methoxy groups -OCH3 is 1. The van der Waals surface area contributed by atoms with E-state index in [9.17, 15) is 0 Å². The highest BCUT2D eigenvalue weighted by Crippen LogP contribution is 2.29. The normalized spacial score (nSPS) is 18.1. The van der Waals surface area contributed by atoms with Crippen LogP contribution in [0.5, 0.6) is 5.75 Å². The first kappa shape index (κ1) is 12.4. The second-order valence-corrected chi connectivity index (χ2v) is 4.63. The minimum absolute atomic E-state index is 0.345. The summed E-state index contributed by atoms with van der Waals surface area (Å²) in [5.74, 6) is 1.20. The van der Waals surface area contributed by atoms with Crippen LogP contribution in [0.25, 0.3) is 0 Å². The maximum atomic E-state index is 5.95. The molecule has 0 radical (unpaired) electrons. The molecule has 94 valence electrons. The van der Waals surface area contributed by atoms with Gasteiger partial charge in [0.15, 0.2) is 16.7 Å². The molecular formula is C11H17ClN4O. The van der Waals surface area contributed by atoms with E-state index < -0.39 is 0 Å². The lowest BCUT2D eigenvalue weighted by atomic mass is 10.1. The van der Waals surface area contributed by atoms with E-state index >= 15 is 0 Å². The number of nitrogens with zero attached hydrogens (tertiary/aromatic N) is 3. The number of aromatic nitrogens is 2. The van der Waals surface area contributed by atoms with Crippen LogP contribution in [0, 0.1) is 0 Å². The Bertz CT molecular complexity index is 380. The fraction of sp³-hybridized carbons (Fsp3) is 0.636. The summed E-state index contributed by atoms with van der Waals surface area (Å²) in [6.07, 6.45) is 3.64. The second-order valence-electron chi connectivity index (χ2n) is 4.27. The number of rotatable bonds is 3. The van der Waals surface area contributed by atoms with Crippen molar-refractivity contribution in [2.45, 2.75) is 18.9 Å². The minimum Gasteiger partial charge on any atom is -0.490 e. The summed E-state index contributed by atoms with van der Waals surface area (Å²) in [5, 5.41) is 3.72. The maximum absolute atomic E-state index is 5.95. The summed E-state index contributed by atoms with van der Waals surface area (Å²) in [6.45, 7) is 2.19. The van der Waals surface area contributed by atoms with Crippen molar-refractivity contribution in [2.75, 3.05) is 32.6 Å². The van der Waals surface area contributed by atoms with Gasteiger partial charge in [-0.1, -0.05) is 11.6 Å². The Morgan fingerprint density at radius 2 is 2.12 bits per heavy atom. The van der Waals surface area contributed by atoms with Gasteiger partial charge in [-0.25, -0.2) is 9.97 Å². The van der Waals surface area contributed by atoms with Crippen molar-refractivity contribution in [3.8, 4) is 5.75 Å². The van der Waals surface area contributed by atoms with Crippen molar-refractivity contribution in [2.24, 2.45) is 0 Å². The number of halogens is 1.